The van der Waals surface area contributed by atoms with Crippen LogP contribution in [0.4, 0.5) is 5.69 Å². The van der Waals surface area contributed by atoms with Gasteiger partial charge in [-0.1, -0.05) is 67.1 Å². The maximum Gasteiger partial charge on any atom is 0.261 e. The minimum atomic E-state index is -3.84. The van der Waals surface area contributed by atoms with Crippen molar-refractivity contribution in [3.8, 4) is 0 Å². The molecule has 0 aliphatic carbocycles. The second kappa shape index (κ2) is 9.11. The Bertz CT molecular complexity index is 1090. The normalized spacial score (nSPS) is 12.2. The van der Waals surface area contributed by atoms with Crippen molar-refractivity contribution in [2.24, 2.45) is 0 Å². The number of anilines is 1. The van der Waals surface area contributed by atoms with Crippen LogP contribution in [0.5, 0.6) is 0 Å². The maximum absolute atomic E-state index is 13.0. The lowest BCUT2D eigenvalue weighted by atomic mass is 10.0. The first kappa shape index (κ1) is 20.9. The number of carbonyl (C=O) groups excluding carboxylic acids is 1. The van der Waals surface area contributed by atoms with Crippen molar-refractivity contribution < 1.29 is 13.2 Å². The second-order valence-electron chi connectivity index (χ2n) is 6.45. The van der Waals surface area contributed by atoms with Gasteiger partial charge in [-0.15, -0.1) is 0 Å². The summed E-state index contributed by atoms with van der Waals surface area (Å²) in [6.45, 7) is 1.97. The van der Waals surface area contributed by atoms with Crippen LogP contribution in [0.15, 0.2) is 83.8 Å². The van der Waals surface area contributed by atoms with Gasteiger partial charge in [0.05, 0.1) is 22.2 Å². The Morgan fingerprint density at radius 1 is 0.966 bits per heavy atom. The first-order valence-electron chi connectivity index (χ1n) is 9.14. The van der Waals surface area contributed by atoms with Crippen molar-refractivity contribution in [1.82, 2.24) is 5.32 Å². The number of amides is 1. The van der Waals surface area contributed by atoms with Gasteiger partial charge in [-0.25, -0.2) is 8.42 Å². The number of rotatable bonds is 7. The largest absolute Gasteiger partial charge is 0.345 e. The fraction of sp³-hybridized carbons (Fsp3) is 0.136. The molecule has 29 heavy (non-hydrogen) atoms. The summed E-state index contributed by atoms with van der Waals surface area (Å²) in [5.74, 6) is -0.408. The lowest BCUT2D eigenvalue weighted by Gasteiger charge is -2.19. The van der Waals surface area contributed by atoms with Crippen molar-refractivity contribution in [2.75, 3.05) is 4.72 Å². The van der Waals surface area contributed by atoms with Crippen molar-refractivity contribution in [3.63, 3.8) is 0 Å². The summed E-state index contributed by atoms with van der Waals surface area (Å²) >= 11 is 6.08. The quantitative estimate of drug-likeness (QED) is 0.554. The van der Waals surface area contributed by atoms with Gasteiger partial charge >= 0.3 is 0 Å². The third-order valence-electron chi connectivity index (χ3n) is 4.44. The molecule has 0 aromatic heterocycles. The highest BCUT2D eigenvalue weighted by molar-refractivity contribution is 7.92. The van der Waals surface area contributed by atoms with E-state index in [0.717, 1.165) is 5.56 Å². The Morgan fingerprint density at radius 3 is 2.21 bits per heavy atom. The Balaban J connectivity index is 1.89. The Labute approximate surface area is 175 Å². The van der Waals surface area contributed by atoms with Crippen molar-refractivity contribution >= 4 is 33.2 Å². The Hall–Kier alpha value is -2.83. The summed E-state index contributed by atoms with van der Waals surface area (Å²) < 4.78 is 27.9. The molecule has 0 bridgehead atoms. The highest BCUT2D eigenvalue weighted by Gasteiger charge is 2.21. The van der Waals surface area contributed by atoms with Gasteiger partial charge < -0.3 is 5.32 Å². The predicted octanol–water partition coefficient (Wildman–Crippen LogP) is 5.02. The van der Waals surface area contributed by atoms with Crippen LogP contribution in [0.1, 0.15) is 35.3 Å². The maximum atomic E-state index is 13.0. The van der Waals surface area contributed by atoms with Crippen LogP contribution >= 0.6 is 11.6 Å². The molecule has 0 spiro atoms. The van der Waals surface area contributed by atoms with Crippen LogP contribution in [0.2, 0.25) is 5.02 Å². The second-order valence-corrected chi connectivity index (χ2v) is 8.57. The number of sulfonamides is 1. The van der Waals surface area contributed by atoms with Gasteiger partial charge in [0.2, 0.25) is 0 Å². The highest BCUT2D eigenvalue weighted by Crippen LogP contribution is 2.25. The van der Waals surface area contributed by atoms with E-state index in [2.05, 4.69) is 10.0 Å². The number of benzene rings is 3. The lowest BCUT2D eigenvalue weighted by molar-refractivity contribution is 0.0936. The molecule has 0 radical (unpaired) electrons. The number of hydrogen-bond donors (Lipinski definition) is 2. The van der Waals surface area contributed by atoms with Gasteiger partial charge in [-0.05, 0) is 42.3 Å². The number of carbonyl (C=O) groups is 1. The molecule has 3 aromatic rings. The van der Waals surface area contributed by atoms with Gasteiger partial charge in [0.15, 0.2) is 0 Å². The number of halogens is 1. The summed E-state index contributed by atoms with van der Waals surface area (Å²) in [6, 6.07) is 21.8. The minimum Gasteiger partial charge on any atom is -0.345 e. The van der Waals surface area contributed by atoms with E-state index in [-0.39, 0.29) is 22.2 Å². The van der Waals surface area contributed by atoms with Crippen LogP contribution in [-0.2, 0) is 10.0 Å². The van der Waals surface area contributed by atoms with Gasteiger partial charge in [-0.2, -0.15) is 0 Å². The molecule has 0 aliphatic heterocycles. The number of nitrogens with one attached hydrogen (secondary N) is 2. The standard InChI is InChI=1S/C22H21ClN2O3S/c1-2-20(16-9-5-3-6-10-16)24-22(26)19-15-17(23)13-14-21(19)25-29(27,28)18-11-7-4-8-12-18/h3-15,20,25H,2H2,1H3,(H,24,26)/t20-/m1/s1. The third-order valence-corrected chi connectivity index (χ3v) is 6.06. The molecule has 150 valence electrons. The first-order chi connectivity index (χ1) is 13.9. The monoisotopic (exact) mass is 428 g/mol. The zero-order chi connectivity index (χ0) is 20.9. The summed E-state index contributed by atoms with van der Waals surface area (Å²) in [4.78, 5) is 13.1. The predicted molar refractivity (Wildman–Crippen MR) is 116 cm³/mol. The van der Waals surface area contributed by atoms with Crippen LogP contribution < -0.4 is 10.0 Å². The molecule has 0 saturated heterocycles. The first-order valence-corrected chi connectivity index (χ1v) is 11.0. The molecular weight excluding hydrogens is 408 g/mol. The van der Waals surface area contributed by atoms with Gasteiger partial charge in [0, 0.05) is 5.02 Å². The van der Waals surface area contributed by atoms with E-state index in [9.17, 15) is 13.2 Å². The summed E-state index contributed by atoms with van der Waals surface area (Å²) in [6.07, 6.45) is 0.682. The zero-order valence-electron chi connectivity index (χ0n) is 15.8. The van der Waals surface area contributed by atoms with E-state index in [1.807, 2.05) is 37.3 Å². The molecule has 1 amide bonds. The van der Waals surface area contributed by atoms with Gasteiger partial charge in [0.1, 0.15) is 0 Å². The molecule has 0 heterocycles. The summed E-state index contributed by atoms with van der Waals surface area (Å²) in [7, 11) is -3.84. The molecule has 5 nitrogen and oxygen atoms in total. The van der Waals surface area contributed by atoms with E-state index in [4.69, 9.17) is 11.6 Å². The molecule has 0 unspecified atom stereocenters. The molecular formula is C22H21ClN2O3S. The van der Waals surface area contributed by atoms with Gasteiger partial charge in [0.25, 0.3) is 15.9 Å². The van der Waals surface area contributed by atoms with E-state index in [1.54, 1.807) is 18.2 Å². The van der Waals surface area contributed by atoms with E-state index in [1.165, 1.54) is 30.3 Å². The molecule has 0 aliphatic rings. The fourth-order valence-corrected chi connectivity index (χ4v) is 4.21. The molecule has 3 aromatic carbocycles. The third kappa shape index (κ3) is 5.16. The molecule has 7 heteroatoms. The highest BCUT2D eigenvalue weighted by atomic mass is 35.5. The average Bonchev–Trinajstić information content (AvgIpc) is 2.74. The van der Waals surface area contributed by atoms with Crippen molar-refractivity contribution in [3.05, 3.63) is 95.0 Å². The number of hydrogen-bond acceptors (Lipinski definition) is 3. The molecule has 0 saturated carbocycles. The van der Waals surface area contributed by atoms with Crippen molar-refractivity contribution in [1.29, 1.82) is 0 Å². The fourth-order valence-electron chi connectivity index (χ4n) is 2.94. The van der Waals surface area contributed by atoms with Crippen LogP contribution in [0.3, 0.4) is 0 Å². The lowest BCUT2D eigenvalue weighted by Crippen LogP contribution is -2.29. The van der Waals surface area contributed by atoms with E-state index >= 15 is 0 Å². The van der Waals surface area contributed by atoms with Crippen LogP contribution in [0, 0.1) is 0 Å². The Morgan fingerprint density at radius 2 is 1.59 bits per heavy atom. The van der Waals surface area contributed by atoms with Crippen molar-refractivity contribution in [2.45, 2.75) is 24.3 Å². The van der Waals surface area contributed by atoms with E-state index < -0.39 is 15.9 Å². The van der Waals surface area contributed by atoms with Crippen LogP contribution in [-0.4, -0.2) is 14.3 Å². The Kier molecular flexibility index (Phi) is 6.56. The van der Waals surface area contributed by atoms with Gasteiger partial charge in [-0.3, -0.25) is 9.52 Å². The molecule has 3 rings (SSSR count). The van der Waals surface area contributed by atoms with E-state index in [0.29, 0.717) is 11.4 Å². The summed E-state index contributed by atoms with van der Waals surface area (Å²) in [5.41, 5.74) is 1.29. The topological polar surface area (TPSA) is 75.3 Å². The molecule has 2 N–H and O–H groups in total. The SMILES string of the molecule is CC[C@@H](NC(=O)c1cc(Cl)ccc1NS(=O)(=O)c1ccccc1)c1ccccc1. The zero-order valence-corrected chi connectivity index (χ0v) is 17.4. The average molecular weight is 429 g/mol. The molecule has 1 atom stereocenters. The minimum absolute atomic E-state index is 0.108. The summed E-state index contributed by atoms with van der Waals surface area (Å²) in [5, 5.41) is 3.30. The van der Waals surface area contributed by atoms with Crippen LogP contribution in [0.25, 0.3) is 0 Å². The molecule has 0 fully saturated rings. The smallest absolute Gasteiger partial charge is 0.261 e.